The van der Waals surface area contributed by atoms with E-state index in [4.69, 9.17) is 11.6 Å². The second-order valence-corrected chi connectivity index (χ2v) is 4.11. The van der Waals surface area contributed by atoms with Gasteiger partial charge in [-0.05, 0) is 37.4 Å². The monoisotopic (exact) mass is 203 g/mol. The first kappa shape index (κ1) is 10.0. The first-order chi connectivity index (χ1) is 5.79. The smallest absolute Gasteiger partial charge is 0.0426 e. The molecule has 0 aliphatic carbocycles. The van der Waals surface area contributed by atoms with Crippen molar-refractivity contribution in [3.63, 3.8) is 0 Å². The molecule has 3 heteroatoms. The van der Waals surface area contributed by atoms with Crippen LogP contribution >= 0.6 is 22.9 Å². The molecular formula is C9H14ClNS. The average Bonchev–Trinajstić information content (AvgIpc) is 2.47. The van der Waals surface area contributed by atoms with Gasteiger partial charge >= 0.3 is 0 Å². The first-order valence-corrected chi connectivity index (χ1v) is 5.48. The Morgan fingerprint density at radius 1 is 1.67 bits per heavy atom. The van der Waals surface area contributed by atoms with Crippen molar-refractivity contribution < 1.29 is 0 Å². The van der Waals surface area contributed by atoms with Gasteiger partial charge in [-0.15, -0.1) is 22.9 Å². The highest BCUT2D eigenvalue weighted by molar-refractivity contribution is 7.10. The van der Waals surface area contributed by atoms with E-state index in [0.717, 1.165) is 6.42 Å². The fraction of sp³-hybridized carbons (Fsp3) is 0.556. The summed E-state index contributed by atoms with van der Waals surface area (Å²) < 4.78 is 0. The topological polar surface area (TPSA) is 12.0 Å². The van der Waals surface area contributed by atoms with Crippen LogP contribution in [0.2, 0.25) is 0 Å². The molecule has 1 nitrogen and oxygen atoms in total. The van der Waals surface area contributed by atoms with Crippen LogP contribution in [-0.4, -0.2) is 12.9 Å². The second kappa shape index (κ2) is 4.85. The molecule has 0 radical (unpaired) electrons. The van der Waals surface area contributed by atoms with E-state index in [1.165, 1.54) is 10.4 Å². The Morgan fingerprint density at radius 3 is 2.83 bits per heavy atom. The summed E-state index contributed by atoms with van der Waals surface area (Å²) in [6.45, 7) is 2.14. The number of aryl methyl sites for hydroxylation is 1. The van der Waals surface area contributed by atoms with E-state index in [2.05, 4.69) is 23.7 Å². The maximum Gasteiger partial charge on any atom is 0.0426 e. The number of nitrogens with one attached hydrogen (secondary N) is 1. The van der Waals surface area contributed by atoms with Crippen molar-refractivity contribution >= 4 is 22.9 Å². The zero-order valence-electron chi connectivity index (χ0n) is 7.43. The molecule has 68 valence electrons. The summed E-state index contributed by atoms with van der Waals surface area (Å²) in [7, 11) is 1.98. The van der Waals surface area contributed by atoms with Gasteiger partial charge in [0.05, 0.1) is 0 Å². The Balaban J connectivity index is 2.72. The molecule has 1 atom stereocenters. The van der Waals surface area contributed by atoms with Crippen molar-refractivity contribution in [1.82, 2.24) is 5.32 Å². The summed E-state index contributed by atoms with van der Waals surface area (Å²) in [4.78, 5) is 1.41. The minimum atomic E-state index is 0.433. The molecule has 0 aromatic carbocycles. The molecule has 0 bridgehead atoms. The number of hydrogen-bond donors (Lipinski definition) is 1. The normalized spacial score (nSPS) is 13.2. The summed E-state index contributed by atoms with van der Waals surface area (Å²) in [5, 5.41) is 5.40. The zero-order chi connectivity index (χ0) is 8.97. The largest absolute Gasteiger partial charge is 0.312 e. The minimum absolute atomic E-state index is 0.433. The molecule has 1 heterocycles. The van der Waals surface area contributed by atoms with E-state index in [9.17, 15) is 0 Å². The Labute approximate surface area is 82.7 Å². The lowest BCUT2D eigenvalue weighted by Crippen LogP contribution is -2.16. The number of hydrogen-bond acceptors (Lipinski definition) is 2. The average molecular weight is 204 g/mol. The lowest BCUT2D eigenvalue weighted by atomic mass is 10.1. The highest BCUT2D eigenvalue weighted by Crippen LogP contribution is 2.25. The third kappa shape index (κ3) is 2.22. The fourth-order valence-corrected chi connectivity index (χ4v) is 2.55. The molecule has 0 spiro atoms. The maximum absolute atomic E-state index is 5.71. The van der Waals surface area contributed by atoms with Crippen molar-refractivity contribution in [2.45, 2.75) is 19.4 Å². The number of rotatable bonds is 4. The Morgan fingerprint density at radius 2 is 2.42 bits per heavy atom. The highest BCUT2D eigenvalue weighted by Gasteiger charge is 2.11. The van der Waals surface area contributed by atoms with Gasteiger partial charge in [-0.1, -0.05) is 0 Å². The van der Waals surface area contributed by atoms with Gasteiger partial charge in [-0.25, -0.2) is 0 Å². The van der Waals surface area contributed by atoms with Crippen LogP contribution < -0.4 is 5.32 Å². The lowest BCUT2D eigenvalue weighted by molar-refractivity contribution is 0.587. The van der Waals surface area contributed by atoms with Crippen LogP contribution in [0.25, 0.3) is 0 Å². The molecule has 0 aliphatic heterocycles. The zero-order valence-corrected chi connectivity index (χ0v) is 9.00. The van der Waals surface area contributed by atoms with E-state index >= 15 is 0 Å². The third-order valence-electron chi connectivity index (χ3n) is 1.96. The summed E-state index contributed by atoms with van der Waals surface area (Å²) in [5.41, 5.74) is 1.37. The second-order valence-electron chi connectivity index (χ2n) is 2.79. The molecule has 0 amide bonds. The van der Waals surface area contributed by atoms with E-state index < -0.39 is 0 Å². The Kier molecular flexibility index (Phi) is 4.06. The standard InChI is InChI=1S/C9H14ClNS/c1-7-4-6-12-9(7)8(11-2)3-5-10/h4,6,8,11H,3,5H2,1-2H3. The van der Waals surface area contributed by atoms with Crippen LogP contribution in [0, 0.1) is 6.92 Å². The number of halogens is 1. The first-order valence-electron chi connectivity index (χ1n) is 4.06. The predicted molar refractivity (Wildman–Crippen MR) is 56.2 cm³/mol. The highest BCUT2D eigenvalue weighted by atomic mass is 35.5. The molecule has 1 unspecified atom stereocenters. The predicted octanol–water partition coefficient (Wildman–Crippen LogP) is 2.95. The van der Waals surface area contributed by atoms with Crippen LogP contribution in [0.3, 0.4) is 0 Å². The molecule has 12 heavy (non-hydrogen) atoms. The molecule has 0 saturated carbocycles. The van der Waals surface area contributed by atoms with Gasteiger partial charge in [-0.2, -0.15) is 0 Å². The lowest BCUT2D eigenvalue weighted by Gasteiger charge is -2.13. The summed E-state index contributed by atoms with van der Waals surface area (Å²) in [6.07, 6.45) is 0.999. The van der Waals surface area contributed by atoms with Crippen molar-refractivity contribution in [2.24, 2.45) is 0 Å². The van der Waals surface area contributed by atoms with Gasteiger partial charge in [0.15, 0.2) is 0 Å². The molecular weight excluding hydrogens is 190 g/mol. The number of alkyl halides is 1. The van der Waals surface area contributed by atoms with Crippen LogP contribution in [0.1, 0.15) is 22.9 Å². The Bertz CT molecular complexity index is 234. The molecule has 0 saturated heterocycles. The van der Waals surface area contributed by atoms with Gasteiger partial charge in [0.2, 0.25) is 0 Å². The van der Waals surface area contributed by atoms with Crippen LogP contribution in [0.15, 0.2) is 11.4 Å². The van der Waals surface area contributed by atoms with E-state index in [-0.39, 0.29) is 0 Å². The van der Waals surface area contributed by atoms with E-state index in [1.807, 2.05) is 7.05 Å². The molecule has 0 aliphatic rings. The number of thiophene rings is 1. The van der Waals surface area contributed by atoms with E-state index in [1.54, 1.807) is 11.3 Å². The van der Waals surface area contributed by atoms with Gasteiger partial charge in [0.1, 0.15) is 0 Å². The van der Waals surface area contributed by atoms with Crippen LogP contribution in [0.4, 0.5) is 0 Å². The summed E-state index contributed by atoms with van der Waals surface area (Å²) in [6, 6.07) is 2.58. The van der Waals surface area contributed by atoms with Crippen LogP contribution in [-0.2, 0) is 0 Å². The summed E-state index contributed by atoms with van der Waals surface area (Å²) >= 11 is 7.51. The molecule has 1 N–H and O–H groups in total. The van der Waals surface area contributed by atoms with Crippen molar-refractivity contribution in [2.75, 3.05) is 12.9 Å². The SMILES string of the molecule is CNC(CCCl)c1sccc1C. The third-order valence-corrected chi connectivity index (χ3v) is 3.32. The van der Waals surface area contributed by atoms with Gasteiger partial charge in [0, 0.05) is 16.8 Å². The van der Waals surface area contributed by atoms with E-state index in [0.29, 0.717) is 11.9 Å². The molecule has 0 fully saturated rings. The van der Waals surface area contributed by atoms with Gasteiger partial charge in [0.25, 0.3) is 0 Å². The summed E-state index contributed by atoms with van der Waals surface area (Å²) in [5.74, 6) is 0.711. The minimum Gasteiger partial charge on any atom is -0.312 e. The van der Waals surface area contributed by atoms with Crippen LogP contribution in [0.5, 0.6) is 0 Å². The van der Waals surface area contributed by atoms with Gasteiger partial charge < -0.3 is 5.32 Å². The Hall–Kier alpha value is -0.0500. The maximum atomic E-state index is 5.71. The molecule has 1 rings (SSSR count). The van der Waals surface area contributed by atoms with Crippen molar-refractivity contribution in [3.8, 4) is 0 Å². The molecule has 1 aromatic heterocycles. The quantitative estimate of drug-likeness (QED) is 0.743. The molecule has 1 aromatic rings. The fourth-order valence-electron chi connectivity index (χ4n) is 1.26. The van der Waals surface area contributed by atoms with Crippen molar-refractivity contribution in [1.29, 1.82) is 0 Å². The van der Waals surface area contributed by atoms with Gasteiger partial charge in [-0.3, -0.25) is 0 Å². The van der Waals surface area contributed by atoms with Crippen molar-refractivity contribution in [3.05, 3.63) is 21.9 Å².